The zero-order valence-electron chi connectivity index (χ0n) is 11.6. The monoisotopic (exact) mass is 262 g/mol. The molecule has 0 saturated carbocycles. The summed E-state index contributed by atoms with van der Waals surface area (Å²) in [6.45, 7) is 9.02. The van der Waals surface area contributed by atoms with E-state index < -0.39 is 0 Å². The van der Waals surface area contributed by atoms with Crippen LogP contribution in [0.3, 0.4) is 0 Å². The number of nitrogens with two attached hydrogens (primary N) is 1. The molecule has 4 heteroatoms. The van der Waals surface area contributed by atoms with Gasteiger partial charge < -0.3 is 15.8 Å². The van der Waals surface area contributed by atoms with Crippen molar-refractivity contribution in [1.29, 1.82) is 0 Å². The molecule has 0 aliphatic carbocycles. The van der Waals surface area contributed by atoms with Crippen LogP contribution < -0.4 is 11.1 Å². The number of benzene rings is 1. The van der Waals surface area contributed by atoms with Gasteiger partial charge in [-0.25, -0.2) is 0 Å². The molecule has 1 amide bonds. The Morgan fingerprint density at radius 2 is 2.26 bits per heavy atom. The van der Waals surface area contributed by atoms with E-state index in [-0.39, 0.29) is 11.8 Å². The minimum Gasteiger partial charge on any atom is -0.399 e. The van der Waals surface area contributed by atoms with E-state index in [4.69, 9.17) is 10.5 Å². The molecule has 4 nitrogen and oxygen atoms in total. The summed E-state index contributed by atoms with van der Waals surface area (Å²) in [6, 6.07) is 7.38. The molecule has 1 aromatic carbocycles. The molecule has 1 rings (SSSR count). The fourth-order valence-corrected chi connectivity index (χ4v) is 1.63. The van der Waals surface area contributed by atoms with Gasteiger partial charge in [0.25, 0.3) is 0 Å². The van der Waals surface area contributed by atoms with Crippen molar-refractivity contribution in [3.05, 3.63) is 42.0 Å². The number of amides is 1. The molecule has 1 atom stereocenters. The second kappa shape index (κ2) is 7.59. The SMILES string of the molecule is C=C(C)COCCNC(=O)C(C)c1cccc(N)c1. The second-order valence-electron chi connectivity index (χ2n) is 4.69. The number of anilines is 1. The maximum absolute atomic E-state index is 11.9. The third-order valence-corrected chi connectivity index (χ3v) is 2.70. The lowest BCUT2D eigenvalue weighted by Crippen LogP contribution is -2.31. The van der Waals surface area contributed by atoms with Gasteiger partial charge in [-0.2, -0.15) is 0 Å². The average molecular weight is 262 g/mol. The van der Waals surface area contributed by atoms with Crippen molar-refractivity contribution in [3.8, 4) is 0 Å². The van der Waals surface area contributed by atoms with Crippen molar-refractivity contribution in [1.82, 2.24) is 5.32 Å². The van der Waals surface area contributed by atoms with E-state index in [9.17, 15) is 4.79 Å². The van der Waals surface area contributed by atoms with E-state index in [1.54, 1.807) is 6.07 Å². The molecular weight excluding hydrogens is 240 g/mol. The van der Waals surface area contributed by atoms with Gasteiger partial charge in [-0.1, -0.05) is 24.3 Å². The van der Waals surface area contributed by atoms with Crippen LogP contribution in [0.15, 0.2) is 36.4 Å². The Labute approximate surface area is 114 Å². The number of nitrogens with one attached hydrogen (secondary N) is 1. The zero-order chi connectivity index (χ0) is 14.3. The van der Waals surface area contributed by atoms with Gasteiger partial charge in [0, 0.05) is 12.2 Å². The number of ether oxygens (including phenoxy) is 1. The van der Waals surface area contributed by atoms with Crippen molar-refractivity contribution in [2.24, 2.45) is 0 Å². The summed E-state index contributed by atoms with van der Waals surface area (Å²) in [5.74, 6) is -0.242. The normalized spacial score (nSPS) is 11.9. The number of nitrogen functional groups attached to an aromatic ring is 1. The van der Waals surface area contributed by atoms with Crippen LogP contribution in [0, 0.1) is 0 Å². The number of hydrogen-bond acceptors (Lipinski definition) is 3. The van der Waals surface area contributed by atoms with Crippen LogP contribution in [0.1, 0.15) is 25.3 Å². The van der Waals surface area contributed by atoms with Crippen LogP contribution in [0.2, 0.25) is 0 Å². The third kappa shape index (κ3) is 5.57. The molecule has 0 aliphatic heterocycles. The number of carbonyl (C=O) groups is 1. The van der Waals surface area contributed by atoms with Crippen LogP contribution in [0.4, 0.5) is 5.69 Å². The van der Waals surface area contributed by atoms with Crippen molar-refractivity contribution < 1.29 is 9.53 Å². The summed E-state index contributed by atoms with van der Waals surface area (Å²) < 4.78 is 5.32. The van der Waals surface area contributed by atoms with Crippen LogP contribution in [0.5, 0.6) is 0 Å². The minimum atomic E-state index is -0.218. The van der Waals surface area contributed by atoms with Gasteiger partial charge in [-0.15, -0.1) is 0 Å². The largest absolute Gasteiger partial charge is 0.399 e. The summed E-state index contributed by atoms with van der Waals surface area (Å²) >= 11 is 0. The molecule has 0 fully saturated rings. The molecule has 0 spiro atoms. The van der Waals surface area contributed by atoms with Gasteiger partial charge >= 0.3 is 0 Å². The van der Waals surface area contributed by atoms with E-state index in [0.717, 1.165) is 11.1 Å². The summed E-state index contributed by atoms with van der Waals surface area (Å²) in [7, 11) is 0. The van der Waals surface area contributed by atoms with Crippen LogP contribution in [-0.2, 0) is 9.53 Å². The molecule has 0 bridgehead atoms. The molecular formula is C15H22N2O2. The lowest BCUT2D eigenvalue weighted by molar-refractivity contribution is -0.122. The highest BCUT2D eigenvalue weighted by Crippen LogP contribution is 2.17. The van der Waals surface area contributed by atoms with Gasteiger partial charge in [0.1, 0.15) is 0 Å². The Bertz CT molecular complexity index is 444. The molecule has 3 N–H and O–H groups in total. The molecule has 0 saturated heterocycles. The zero-order valence-corrected chi connectivity index (χ0v) is 11.6. The first-order valence-corrected chi connectivity index (χ1v) is 6.36. The Hall–Kier alpha value is -1.81. The highest BCUT2D eigenvalue weighted by molar-refractivity contribution is 5.83. The molecule has 19 heavy (non-hydrogen) atoms. The van der Waals surface area contributed by atoms with E-state index in [2.05, 4.69) is 11.9 Å². The van der Waals surface area contributed by atoms with Gasteiger partial charge in [-0.05, 0) is 31.5 Å². The predicted octanol–water partition coefficient (Wildman–Crippen LogP) is 2.08. The summed E-state index contributed by atoms with van der Waals surface area (Å²) in [6.07, 6.45) is 0. The maximum Gasteiger partial charge on any atom is 0.227 e. The lowest BCUT2D eigenvalue weighted by atomic mass is 10.00. The molecule has 1 unspecified atom stereocenters. The highest BCUT2D eigenvalue weighted by Gasteiger charge is 2.14. The topological polar surface area (TPSA) is 64.3 Å². The lowest BCUT2D eigenvalue weighted by Gasteiger charge is -2.13. The first-order valence-electron chi connectivity index (χ1n) is 6.36. The summed E-state index contributed by atoms with van der Waals surface area (Å²) in [5, 5.41) is 2.84. The van der Waals surface area contributed by atoms with Crippen molar-refractivity contribution in [3.63, 3.8) is 0 Å². The third-order valence-electron chi connectivity index (χ3n) is 2.70. The first kappa shape index (κ1) is 15.2. The van der Waals surface area contributed by atoms with Crippen LogP contribution >= 0.6 is 0 Å². The highest BCUT2D eigenvalue weighted by atomic mass is 16.5. The van der Waals surface area contributed by atoms with E-state index in [1.807, 2.05) is 32.0 Å². The molecule has 1 aromatic rings. The number of hydrogen-bond donors (Lipinski definition) is 2. The van der Waals surface area contributed by atoms with Crippen molar-refractivity contribution >= 4 is 11.6 Å². The van der Waals surface area contributed by atoms with Gasteiger partial charge in [-0.3, -0.25) is 4.79 Å². The molecule has 0 aromatic heterocycles. The minimum absolute atomic E-state index is 0.0236. The van der Waals surface area contributed by atoms with Crippen LogP contribution in [0.25, 0.3) is 0 Å². The fourth-order valence-electron chi connectivity index (χ4n) is 1.63. The van der Waals surface area contributed by atoms with Gasteiger partial charge in [0.15, 0.2) is 0 Å². The fraction of sp³-hybridized carbons (Fsp3) is 0.400. The Kier molecular flexibility index (Phi) is 6.09. The Morgan fingerprint density at radius 1 is 1.53 bits per heavy atom. The van der Waals surface area contributed by atoms with E-state index >= 15 is 0 Å². The molecule has 0 heterocycles. The Balaban J connectivity index is 2.35. The second-order valence-corrected chi connectivity index (χ2v) is 4.69. The summed E-state index contributed by atoms with van der Waals surface area (Å²) in [4.78, 5) is 11.9. The van der Waals surface area contributed by atoms with Crippen molar-refractivity contribution in [2.75, 3.05) is 25.5 Å². The van der Waals surface area contributed by atoms with E-state index in [0.29, 0.717) is 25.4 Å². The smallest absolute Gasteiger partial charge is 0.227 e. The average Bonchev–Trinajstić information content (AvgIpc) is 2.36. The molecule has 0 radical (unpaired) electrons. The molecule has 104 valence electrons. The predicted molar refractivity (Wildman–Crippen MR) is 77.9 cm³/mol. The Morgan fingerprint density at radius 3 is 2.89 bits per heavy atom. The van der Waals surface area contributed by atoms with Gasteiger partial charge in [0.2, 0.25) is 5.91 Å². The number of carbonyl (C=O) groups excluding carboxylic acids is 1. The quantitative estimate of drug-likeness (QED) is 0.449. The first-order chi connectivity index (χ1) is 9.00. The van der Waals surface area contributed by atoms with Crippen LogP contribution in [-0.4, -0.2) is 25.7 Å². The number of rotatable bonds is 7. The summed E-state index contributed by atoms with van der Waals surface area (Å²) in [5.41, 5.74) is 8.26. The van der Waals surface area contributed by atoms with Gasteiger partial charge in [0.05, 0.1) is 19.1 Å². The molecule has 0 aliphatic rings. The van der Waals surface area contributed by atoms with E-state index in [1.165, 1.54) is 0 Å². The maximum atomic E-state index is 11.9. The standard InChI is InChI=1S/C15H22N2O2/c1-11(2)10-19-8-7-17-15(18)12(3)13-5-4-6-14(16)9-13/h4-6,9,12H,1,7-8,10,16H2,2-3H3,(H,17,18). The van der Waals surface area contributed by atoms with Crippen molar-refractivity contribution in [2.45, 2.75) is 19.8 Å².